The van der Waals surface area contributed by atoms with Crippen LogP contribution < -0.4 is 0 Å². The van der Waals surface area contributed by atoms with Crippen molar-refractivity contribution < 1.29 is 0 Å². The summed E-state index contributed by atoms with van der Waals surface area (Å²) in [6.45, 7) is 0. The third-order valence-electron chi connectivity index (χ3n) is 11.6. The minimum absolute atomic E-state index is 0.310. The summed E-state index contributed by atoms with van der Waals surface area (Å²) in [7, 11) is 0. The van der Waals surface area contributed by atoms with Crippen LogP contribution in [0.3, 0.4) is 0 Å². The molecule has 0 saturated carbocycles. The molecule has 1 atom stereocenters. The molecule has 2 nitrogen and oxygen atoms in total. The van der Waals surface area contributed by atoms with E-state index < -0.39 is 0 Å². The fourth-order valence-electron chi connectivity index (χ4n) is 9.69. The molecular formula is C48H28N2. The van der Waals surface area contributed by atoms with Crippen LogP contribution in [0.2, 0.25) is 0 Å². The van der Waals surface area contributed by atoms with E-state index in [9.17, 15) is 0 Å². The van der Waals surface area contributed by atoms with Crippen LogP contribution in [0.1, 0.15) is 22.6 Å². The van der Waals surface area contributed by atoms with E-state index in [0.717, 1.165) is 17.8 Å². The molecule has 12 rings (SSSR count). The highest BCUT2D eigenvalue weighted by Crippen LogP contribution is 2.61. The number of hydrogen-bond acceptors (Lipinski definition) is 2. The van der Waals surface area contributed by atoms with Gasteiger partial charge in [0.2, 0.25) is 0 Å². The van der Waals surface area contributed by atoms with Crippen LogP contribution in [0, 0.1) is 0 Å². The van der Waals surface area contributed by atoms with Gasteiger partial charge in [-0.15, -0.1) is 0 Å². The smallest absolute Gasteiger partial charge is 0.0714 e. The third-order valence-corrected chi connectivity index (χ3v) is 11.6. The molecule has 2 aromatic heterocycles. The van der Waals surface area contributed by atoms with E-state index in [1.807, 2.05) is 24.5 Å². The zero-order valence-electron chi connectivity index (χ0n) is 27.1. The summed E-state index contributed by atoms with van der Waals surface area (Å²) in [6.07, 6.45) is 4.88. The maximum Gasteiger partial charge on any atom is 0.0714 e. The monoisotopic (exact) mass is 632 g/mol. The quantitative estimate of drug-likeness (QED) is 0.177. The molecule has 0 N–H and O–H groups in total. The second kappa shape index (κ2) is 9.62. The summed E-state index contributed by atoms with van der Waals surface area (Å²) < 4.78 is 0. The Balaban J connectivity index is 1.29. The first kappa shape index (κ1) is 26.6. The van der Waals surface area contributed by atoms with Crippen molar-refractivity contribution in [1.82, 2.24) is 9.97 Å². The highest BCUT2D eigenvalue weighted by Gasteiger charge is 2.38. The number of fused-ring (bicyclic) bond motifs is 11. The predicted molar refractivity (Wildman–Crippen MR) is 206 cm³/mol. The van der Waals surface area contributed by atoms with Crippen molar-refractivity contribution in [2.75, 3.05) is 0 Å². The van der Waals surface area contributed by atoms with Gasteiger partial charge in [0, 0.05) is 40.6 Å². The highest BCUT2D eigenvalue weighted by molar-refractivity contribution is 6.31. The van der Waals surface area contributed by atoms with E-state index in [-0.39, 0.29) is 0 Å². The Kier molecular flexibility index (Phi) is 5.11. The molecule has 0 fully saturated rings. The van der Waals surface area contributed by atoms with Gasteiger partial charge in [0.05, 0.1) is 11.4 Å². The average molecular weight is 633 g/mol. The van der Waals surface area contributed by atoms with E-state index in [4.69, 9.17) is 9.97 Å². The molecule has 3 aliphatic rings. The number of nitrogens with zero attached hydrogens (tertiary/aromatic N) is 2. The summed E-state index contributed by atoms with van der Waals surface area (Å²) in [4.78, 5) is 10.1. The summed E-state index contributed by atoms with van der Waals surface area (Å²) in [5.74, 6) is 0.310. The van der Waals surface area contributed by atoms with E-state index >= 15 is 0 Å². The van der Waals surface area contributed by atoms with Gasteiger partial charge >= 0.3 is 0 Å². The van der Waals surface area contributed by atoms with Crippen LogP contribution in [-0.2, 0) is 6.42 Å². The molecule has 0 saturated heterocycles. The fraction of sp³-hybridized carbons (Fsp3) is 0.0417. The lowest BCUT2D eigenvalue weighted by Gasteiger charge is -2.26. The first-order valence-corrected chi connectivity index (χ1v) is 17.5. The minimum atomic E-state index is 0.310. The van der Waals surface area contributed by atoms with E-state index in [1.54, 1.807) is 0 Å². The molecule has 0 bridgehead atoms. The molecular weight excluding hydrogens is 605 g/mol. The molecule has 2 heteroatoms. The van der Waals surface area contributed by atoms with Gasteiger partial charge < -0.3 is 0 Å². The van der Waals surface area contributed by atoms with Crippen LogP contribution >= 0.6 is 0 Å². The van der Waals surface area contributed by atoms with E-state index in [1.165, 1.54) is 105 Å². The highest BCUT2D eigenvalue weighted by atomic mass is 14.7. The Hall–Kier alpha value is -6.38. The zero-order chi connectivity index (χ0) is 32.5. The van der Waals surface area contributed by atoms with Gasteiger partial charge in [0.15, 0.2) is 0 Å². The van der Waals surface area contributed by atoms with Gasteiger partial charge in [-0.2, -0.15) is 0 Å². The predicted octanol–water partition coefficient (Wildman–Crippen LogP) is 12.3. The Bertz CT molecular complexity index is 2940. The normalized spacial score (nSPS) is 14.5. The van der Waals surface area contributed by atoms with Gasteiger partial charge in [0.25, 0.3) is 0 Å². The van der Waals surface area contributed by atoms with Crippen LogP contribution in [0.4, 0.5) is 0 Å². The van der Waals surface area contributed by atoms with Crippen molar-refractivity contribution in [3.63, 3.8) is 0 Å². The number of benzene rings is 7. The Labute approximate surface area is 289 Å². The molecule has 2 heterocycles. The van der Waals surface area contributed by atoms with Gasteiger partial charge in [-0.3, -0.25) is 9.97 Å². The molecule has 1 unspecified atom stereocenters. The van der Waals surface area contributed by atoms with Crippen molar-refractivity contribution >= 4 is 32.3 Å². The van der Waals surface area contributed by atoms with E-state index in [0.29, 0.717) is 5.92 Å². The lowest BCUT2D eigenvalue weighted by molar-refractivity contribution is 0.816. The molecule has 0 radical (unpaired) electrons. The first-order valence-electron chi connectivity index (χ1n) is 17.5. The fourth-order valence-corrected chi connectivity index (χ4v) is 9.69. The van der Waals surface area contributed by atoms with Crippen LogP contribution in [0.5, 0.6) is 0 Å². The standard InChI is InChI=1S/C48H28N2/c1-3-13-29-27(11-1)23-37-36-26-39-38(25-35(36)33-17-9-15-31(29)43(33)37)46(42-20-6-8-22-50-42)48-40-24-28-12-2-4-14-30(28)32-16-10-18-34(44(32)40)47(48)45(39)41-19-5-7-21-49-41/h1-22,24-26,37H,23H2. The summed E-state index contributed by atoms with van der Waals surface area (Å²) >= 11 is 0. The maximum absolute atomic E-state index is 5.07. The largest absolute Gasteiger partial charge is 0.256 e. The number of rotatable bonds is 2. The molecule has 3 aliphatic carbocycles. The second-order valence-corrected chi connectivity index (χ2v) is 14.0. The van der Waals surface area contributed by atoms with Crippen LogP contribution in [-0.4, -0.2) is 9.97 Å². The third kappa shape index (κ3) is 3.33. The molecule has 0 aliphatic heterocycles. The number of pyridine rings is 2. The van der Waals surface area contributed by atoms with Crippen molar-refractivity contribution in [2.45, 2.75) is 12.3 Å². The van der Waals surface area contributed by atoms with Gasteiger partial charge in [-0.25, -0.2) is 0 Å². The summed E-state index contributed by atoms with van der Waals surface area (Å²) in [5, 5.41) is 7.61. The molecule has 0 spiro atoms. The number of hydrogen-bond donors (Lipinski definition) is 0. The van der Waals surface area contributed by atoms with Crippen molar-refractivity contribution in [1.29, 1.82) is 0 Å². The SMILES string of the molecule is c1ccc(-c2c3c(c(-c4ccccn4)c4cc5c(cc24)-c2cccc4c2C5Cc2ccccc2-4)-c2cccc4c2c-3cc2ccccc24)nc1. The Morgan fingerprint density at radius 3 is 1.84 bits per heavy atom. The topological polar surface area (TPSA) is 25.8 Å². The van der Waals surface area contributed by atoms with Crippen molar-refractivity contribution in [2.24, 2.45) is 0 Å². The lowest BCUT2D eigenvalue weighted by atomic mass is 9.77. The minimum Gasteiger partial charge on any atom is -0.256 e. The Morgan fingerprint density at radius 2 is 1.04 bits per heavy atom. The summed E-state index contributed by atoms with van der Waals surface area (Å²) in [6, 6.07) is 51.6. The lowest BCUT2D eigenvalue weighted by Crippen LogP contribution is -2.09. The van der Waals surface area contributed by atoms with Crippen molar-refractivity contribution in [3.8, 4) is 67.0 Å². The van der Waals surface area contributed by atoms with Crippen molar-refractivity contribution in [3.05, 3.63) is 169 Å². The van der Waals surface area contributed by atoms with Crippen LogP contribution in [0.25, 0.3) is 99.3 Å². The molecule has 50 heavy (non-hydrogen) atoms. The Morgan fingerprint density at radius 1 is 0.420 bits per heavy atom. The molecule has 0 amide bonds. The first-order chi connectivity index (χ1) is 24.8. The van der Waals surface area contributed by atoms with Crippen LogP contribution in [0.15, 0.2) is 152 Å². The molecule has 7 aromatic carbocycles. The molecule has 230 valence electrons. The summed E-state index contributed by atoms with van der Waals surface area (Å²) in [5.41, 5.74) is 19.2. The van der Waals surface area contributed by atoms with E-state index in [2.05, 4.69) is 127 Å². The number of aromatic nitrogens is 2. The average Bonchev–Trinajstić information content (AvgIpc) is 3.67. The second-order valence-electron chi connectivity index (χ2n) is 14.0. The zero-order valence-corrected chi connectivity index (χ0v) is 27.1. The van der Waals surface area contributed by atoms with Gasteiger partial charge in [0.1, 0.15) is 0 Å². The van der Waals surface area contributed by atoms with Gasteiger partial charge in [-0.1, -0.05) is 97.1 Å². The van der Waals surface area contributed by atoms with Gasteiger partial charge in [-0.05, 0) is 131 Å². The maximum atomic E-state index is 5.07. The molecule has 9 aromatic rings.